The molecule has 1 N–H and O–H groups in total. The smallest absolute Gasteiger partial charge is 0.338 e. The highest BCUT2D eigenvalue weighted by Gasteiger charge is 2.20. The number of hydrogen-bond donors (Lipinski definition) is 1. The summed E-state index contributed by atoms with van der Waals surface area (Å²) < 4.78 is 19.8. The van der Waals surface area contributed by atoms with E-state index in [-0.39, 0.29) is 5.56 Å². The van der Waals surface area contributed by atoms with E-state index in [0.717, 1.165) is 5.52 Å². The van der Waals surface area contributed by atoms with Crippen LogP contribution in [-0.2, 0) is 16.1 Å². The molecule has 0 saturated heterocycles. The van der Waals surface area contributed by atoms with Gasteiger partial charge in [0.2, 0.25) is 0 Å². The van der Waals surface area contributed by atoms with Gasteiger partial charge in [-0.2, -0.15) is 0 Å². The maximum Gasteiger partial charge on any atom is 0.338 e. The third-order valence-electron chi connectivity index (χ3n) is 3.81. The number of nitrogens with one attached hydrogen (secondary N) is 1. The number of halogens is 1. The van der Waals surface area contributed by atoms with E-state index >= 15 is 0 Å². The Hall–Kier alpha value is -3.29. The molecule has 0 aliphatic carbocycles. The molecule has 134 valence electrons. The van der Waals surface area contributed by atoms with E-state index in [4.69, 9.17) is 4.74 Å². The zero-order valence-electron chi connectivity index (χ0n) is 14.3. The lowest BCUT2D eigenvalue weighted by molar-refractivity contribution is -0.123. The fourth-order valence-electron chi connectivity index (χ4n) is 2.39. The molecule has 26 heavy (non-hydrogen) atoms. The molecule has 0 unspecified atom stereocenters. The van der Waals surface area contributed by atoms with Crippen LogP contribution in [0.4, 0.5) is 10.1 Å². The summed E-state index contributed by atoms with van der Waals surface area (Å²) >= 11 is 0. The number of aromatic nitrogens is 3. The third kappa shape index (κ3) is 3.69. The first-order valence-electron chi connectivity index (χ1n) is 8.08. The van der Waals surface area contributed by atoms with E-state index in [0.29, 0.717) is 17.7 Å². The first-order chi connectivity index (χ1) is 12.5. The predicted molar refractivity (Wildman–Crippen MR) is 93.1 cm³/mol. The number of nitrogens with zero attached hydrogens (tertiary/aromatic N) is 3. The number of esters is 1. The van der Waals surface area contributed by atoms with Gasteiger partial charge in [-0.05, 0) is 56.3 Å². The second-order valence-electron chi connectivity index (χ2n) is 5.65. The predicted octanol–water partition coefficient (Wildman–Crippen LogP) is 2.77. The molecule has 8 heteroatoms. The van der Waals surface area contributed by atoms with Crippen LogP contribution in [0, 0.1) is 5.82 Å². The lowest BCUT2D eigenvalue weighted by Crippen LogP contribution is -2.30. The van der Waals surface area contributed by atoms with Gasteiger partial charge >= 0.3 is 5.97 Å². The lowest BCUT2D eigenvalue weighted by Gasteiger charge is -2.13. The summed E-state index contributed by atoms with van der Waals surface area (Å²) in [5.41, 5.74) is 2.08. The van der Waals surface area contributed by atoms with Crippen molar-refractivity contribution in [3.8, 4) is 0 Å². The maximum absolute atomic E-state index is 12.9. The largest absolute Gasteiger partial charge is 0.449 e. The van der Waals surface area contributed by atoms with Crippen LogP contribution in [0.5, 0.6) is 0 Å². The number of rotatable bonds is 5. The van der Waals surface area contributed by atoms with Crippen molar-refractivity contribution < 1.29 is 18.7 Å². The highest BCUT2D eigenvalue weighted by molar-refractivity contribution is 5.98. The average molecular weight is 356 g/mol. The Labute approximate surface area is 148 Å². The van der Waals surface area contributed by atoms with Crippen molar-refractivity contribution in [1.29, 1.82) is 0 Å². The molecular formula is C18H17FN4O3. The normalized spacial score (nSPS) is 12.0. The molecular weight excluding hydrogens is 339 g/mol. The second-order valence-corrected chi connectivity index (χ2v) is 5.65. The molecule has 0 saturated carbocycles. The summed E-state index contributed by atoms with van der Waals surface area (Å²) in [6, 6.07) is 10.2. The van der Waals surface area contributed by atoms with E-state index in [1.807, 2.05) is 6.92 Å². The number of anilines is 1. The van der Waals surface area contributed by atoms with E-state index < -0.39 is 23.8 Å². The van der Waals surface area contributed by atoms with Crippen LogP contribution in [0.2, 0.25) is 0 Å². The van der Waals surface area contributed by atoms with Crippen molar-refractivity contribution in [3.63, 3.8) is 0 Å². The minimum absolute atomic E-state index is 0.280. The number of hydrogen-bond acceptors (Lipinski definition) is 5. The Morgan fingerprint density at radius 3 is 2.65 bits per heavy atom. The molecule has 2 aromatic carbocycles. The van der Waals surface area contributed by atoms with Crippen molar-refractivity contribution in [2.45, 2.75) is 26.5 Å². The van der Waals surface area contributed by atoms with Gasteiger partial charge in [-0.3, -0.25) is 4.79 Å². The highest BCUT2D eigenvalue weighted by atomic mass is 19.1. The number of aryl methyl sites for hydroxylation is 1. The van der Waals surface area contributed by atoms with Crippen molar-refractivity contribution in [2.24, 2.45) is 0 Å². The van der Waals surface area contributed by atoms with Crippen LogP contribution in [0.3, 0.4) is 0 Å². The molecule has 3 rings (SSSR count). The molecule has 0 spiro atoms. The van der Waals surface area contributed by atoms with E-state index in [1.54, 1.807) is 22.9 Å². The number of carbonyl (C=O) groups is 2. The third-order valence-corrected chi connectivity index (χ3v) is 3.81. The van der Waals surface area contributed by atoms with Gasteiger partial charge in [0.1, 0.15) is 11.3 Å². The zero-order valence-corrected chi connectivity index (χ0v) is 14.3. The molecule has 1 aromatic heterocycles. The van der Waals surface area contributed by atoms with Gasteiger partial charge in [-0.15, -0.1) is 5.10 Å². The Balaban J connectivity index is 1.66. The van der Waals surface area contributed by atoms with Crippen LogP contribution >= 0.6 is 0 Å². The summed E-state index contributed by atoms with van der Waals surface area (Å²) in [4.78, 5) is 24.4. The molecule has 0 bridgehead atoms. The summed E-state index contributed by atoms with van der Waals surface area (Å²) in [6.07, 6.45) is -1.02. The minimum Gasteiger partial charge on any atom is -0.449 e. The van der Waals surface area contributed by atoms with Gasteiger partial charge in [0.15, 0.2) is 6.10 Å². The summed E-state index contributed by atoms with van der Waals surface area (Å²) in [7, 11) is 0. The summed E-state index contributed by atoms with van der Waals surface area (Å²) in [5, 5.41) is 10.5. The molecule has 1 amide bonds. The topological polar surface area (TPSA) is 86.1 Å². The molecule has 0 fully saturated rings. The molecule has 7 nitrogen and oxygen atoms in total. The summed E-state index contributed by atoms with van der Waals surface area (Å²) in [5.74, 6) is -1.56. The van der Waals surface area contributed by atoms with Crippen LogP contribution in [0.25, 0.3) is 11.0 Å². The Morgan fingerprint density at radius 1 is 1.23 bits per heavy atom. The first-order valence-corrected chi connectivity index (χ1v) is 8.08. The van der Waals surface area contributed by atoms with Crippen molar-refractivity contribution in [1.82, 2.24) is 15.0 Å². The molecule has 1 heterocycles. The van der Waals surface area contributed by atoms with Gasteiger partial charge in [-0.25, -0.2) is 13.9 Å². The molecule has 1 atom stereocenters. The number of amides is 1. The maximum atomic E-state index is 12.9. The average Bonchev–Trinajstić information content (AvgIpc) is 3.05. The fraction of sp³-hybridized carbons (Fsp3) is 0.222. The SMILES string of the molecule is CCn1nnc2cc(C(=O)O[C@@H](C)C(=O)Nc3ccc(F)cc3)ccc21. The van der Waals surface area contributed by atoms with Crippen molar-refractivity contribution >= 4 is 28.6 Å². The molecule has 3 aromatic rings. The van der Waals surface area contributed by atoms with Gasteiger partial charge in [-0.1, -0.05) is 5.21 Å². The van der Waals surface area contributed by atoms with Crippen LogP contribution < -0.4 is 5.32 Å². The standard InChI is InChI=1S/C18H17FN4O3/c1-3-23-16-9-4-12(10-15(16)21-22-23)18(25)26-11(2)17(24)20-14-7-5-13(19)6-8-14/h4-11H,3H2,1-2H3,(H,20,24)/t11-/m0/s1. The lowest BCUT2D eigenvalue weighted by atomic mass is 10.2. The van der Waals surface area contributed by atoms with Crippen LogP contribution in [-0.4, -0.2) is 33.0 Å². The monoisotopic (exact) mass is 356 g/mol. The Bertz CT molecular complexity index is 953. The number of ether oxygens (including phenoxy) is 1. The van der Waals surface area contributed by atoms with Crippen LogP contribution in [0.15, 0.2) is 42.5 Å². The van der Waals surface area contributed by atoms with Gasteiger partial charge in [0.05, 0.1) is 11.1 Å². The van der Waals surface area contributed by atoms with Crippen molar-refractivity contribution in [3.05, 3.63) is 53.8 Å². The minimum atomic E-state index is -1.02. The van der Waals surface area contributed by atoms with Gasteiger partial charge < -0.3 is 10.1 Å². The Morgan fingerprint density at radius 2 is 1.96 bits per heavy atom. The molecule has 0 radical (unpaired) electrons. The summed E-state index contributed by atoms with van der Waals surface area (Å²) in [6.45, 7) is 4.07. The van der Waals surface area contributed by atoms with E-state index in [1.165, 1.54) is 31.2 Å². The fourth-order valence-corrected chi connectivity index (χ4v) is 2.39. The number of benzene rings is 2. The quantitative estimate of drug-likeness (QED) is 0.711. The number of carbonyl (C=O) groups excluding carboxylic acids is 2. The van der Waals surface area contributed by atoms with Crippen molar-refractivity contribution in [2.75, 3.05) is 5.32 Å². The first kappa shape index (κ1) is 17.5. The Kier molecular flexibility index (Phi) is 4.92. The highest BCUT2D eigenvalue weighted by Crippen LogP contribution is 2.15. The van der Waals surface area contributed by atoms with Gasteiger partial charge in [0, 0.05) is 12.2 Å². The van der Waals surface area contributed by atoms with Crippen LogP contribution in [0.1, 0.15) is 24.2 Å². The second kappa shape index (κ2) is 7.30. The molecule has 0 aliphatic rings. The number of fused-ring (bicyclic) bond motifs is 1. The zero-order chi connectivity index (χ0) is 18.7. The van der Waals surface area contributed by atoms with E-state index in [2.05, 4.69) is 15.6 Å². The molecule has 0 aliphatic heterocycles. The van der Waals surface area contributed by atoms with E-state index in [9.17, 15) is 14.0 Å². The van der Waals surface area contributed by atoms with Gasteiger partial charge in [0.25, 0.3) is 5.91 Å².